The lowest BCUT2D eigenvalue weighted by atomic mass is 10.1. The van der Waals surface area contributed by atoms with Crippen molar-refractivity contribution in [1.29, 1.82) is 0 Å². The van der Waals surface area contributed by atoms with Crippen LogP contribution < -0.4 is 10.2 Å². The van der Waals surface area contributed by atoms with Gasteiger partial charge in [0.1, 0.15) is 5.15 Å². The third-order valence-electron chi connectivity index (χ3n) is 4.40. The number of carbonyl (C=O) groups is 1. The standard InChI is InChI=1S/C16H13ClF3N5O/c17-13-5-10(23-14(24-13)16(18,19)20)12-7-22-15(26)25(12)11-6-21-4-3-9(11)8-1-2-8/h3-6,8,12H,1-2,7H2,(H,22,26). The second-order valence-corrected chi connectivity index (χ2v) is 6.60. The van der Waals surface area contributed by atoms with Crippen LogP contribution in [-0.4, -0.2) is 27.5 Å². The number of hydrogen-bond acceptors (Lipinski definition) is 4. The molecule has 10 heteroatoms. The number of hydrogen-bond donors (Lipinski definition) is 1. The van der Waals surface area contributed by atoms with Crippen LogP contribution in [0.5, 0.6) is 0 Å². The zero-order chi connectivity index (χ0) is 18.5. The number of urea groups is 1. The number of nitrogens with one attached hydrogen (secondary N) is 1. The first-order valence-corrected chi connectivity index (χ1v) is 8.35. The summed E-state index contributed by atoms with van der Waals surface area (Å²) in [6, 6.07) is 1.95. The van der Waals surface area contributed by atoms with Crippen LogP contribution >= 0.6 is 11.6 Å². The van der Waals surface area contributed by atoms with Crippen LogP contribution in [0.3, 0.4) is 0 Å². The maximum Gasteiger partial charge on any atom is 0.451 e. The van der Waals surface area contributed by atoms with E-state index in [0.29, 0.717) is 11.6 Å². The van der Waals surface area contributed by atoms with Crippen molar-refractivity contribution in [3.05, 3.63) is 46.8 Å². The Morgan fingerprint density at radius 3 is 2.73 bits per heavy atom. The van der Waals surface area contributed by atoms with Gasteiger partial charge in [-0.1, -0.05) is 11.6 Å². The van der Waals surface area contributed by atoms with Gasteiger partial charge in [0, 0.05) is 12.7 Å². The second-order valence-electron chi connectivity index (χ2n) is 6.22. The van der Waals surface area contributed by atoms with Crippen molar-refractivity contribution in [3.63, 3.8) is 0 Å². The third kappa shape index (κ3) is 3.07. The highest BCUT2D eigenvalue weighted by atomic mass is 35.5. The van der Waals surface area contributed by atoms with Crippen molar-refractivity contribution >= 4 is 23.3 Å². The summed E-state index contributed by atoms with van der Waals surface area (Å²) in [5, 5.41) is 2.33. The number of aromatic nitrogens is 3. The summed E-state index contributed by atoms with van der Waals surface area (Å²) in [7, 11) is 0. The molecule has 6 nitrogen and oxygen atoms in total. The van der Waals surface area contributed by atoms with E-state index in [1.54, 1.807) is 12.4 Å². The molecule has 1 N–H and O–H groups in total. The predicted octanol–water partition coefficient (Wildman–Crippen LogP) is 3.69. The van der Waals surface area contributed by atoms with Gasteiger partial charge in [-0.05, 0) is 36.5 Å². The Morgan fingerprint density at radius 1 is 1.27 bits per heavy atom. The SMILES string of the molecule is O=C1NCC(c2cc(Cl)nc(C(F)(F)F)n2)N1c1cnccc1C1CC1. The Kier molecular flexibility index (Phi) is 3.98. The zero-order valence-corrected chi connectivity index (χ0v) is 14.1. The molecule has 0 radical (unpaired) electrons. The van der Waals surface area contributed by atoms with Crippen LogP contribution in [0.25, 0.3) is 0 Å². The highest BCUT2D eigenvalue weighted by Crippen LogP contribution is 2.46. The Balaban J connectivity index is 1.77. The quantitative estimate of drug-likeness (QED) is 0.820. The maximum absolute atomic E-state index is 13.0. The lowest BCUT2D eigenvalue weighted by Gasteiger charge is -2.25. The number of alkyl halides is 3. The molecule has 136 valence electrons. The molecule has 2 amide bonds. The van der Waals surface area contributed by atoms with E-state index in [-0.39, 0.29) is 17.4 Å². The van der Waals surface area contributed by atoms with Gasteiger partial charge in [-0.2, -0.15) is 13.2 Å². The molecule has 1 saturated carbocycles. The van der Waals surface area contributed by atoms with E-state index in [0.717, 1.165) is 18.4 Å². The molecule has 2 aromatic heterocycles. The molecular formula is C16H13ClF3N5O. The van der Waals surface area contributed by atoms with Crippen LogP contribution in [0.4, 0.5) is 23.7 Å². The normalized spacial score (nSPS) is 20.4. The van der Waals surface area contributed by atoms with Gasteiger partial charge in [0.25, 0.3) is 0 Å². The van der Waals surface area contributed by atoms with Gasteiger partial charge in [0.15, 0.2) is 0 Å². The van der Waals surface area contributed by atoms with Crippen molar-refractivity contribution in [2.45, 2.75) is 31.0 Å². The van der Waals surface area contributed by atoms with Gasteiger partial charge < -0.3 is 5.32 Å². The van der Waals surface area contributed by atoms with Crippen molar-refractivity contribution in [2.24, 2.45) is 0 Å². The van der Waals surface area contributed by atoms with E-state index >= 15 is 0 Å². The van der Waals surface area contributed by atoms with Crippen LogP contribution in [-0.2, 0) is 6.18 Å². The fourth-order valence-corrected chi connectivity index (χ4v) is 3.28. The summed E-state index contributed by atoms with van der Waals surface area (Å²) in [6.07, 6.45) is 0.486. The van der Waals surface area contributed by atoms with Crippen LogP contribution in [0.15, 0.2) is 24.5 Å². The molecule has 1 aliphatic carbocycles. The van der Waals surface area contributed by atoms with Crippen molar-refractivity contribution in [1.82, 2.24) is 20.3 Å². The number of rotatable bonds is 3. The maximum atomic E-state index is 13.0. The van der Waals surface area contributed by atoms with Crippen LogP contribution in [0.1, 0.15) is 41.9 Å². The summed E-state index contributed by atoms with van der Waals surface area (Å²) >= 11 is 5.77. The van der Waals surface area contributed by atoms with Gasteiger partial charge >= 0.3 is 12.2 Å². The molecule has 3 heterocycles. The number of amides is 2. The first kappa shape index (κ1) is 17.0. The Bertz CT molecular complexity index is 871. The van der Waals surface area contributed by atoms with Gasteiger partial charge in [-0.15, -0.1) is 0 Å². The lowest BCUT2D eigenvalue weighted by molar-refractivity contribution is -0.145. The van der Waals surface area contributed by atoms with Gasteiger partial charge in [0.05, 0.1) is 23.6 Å². The molecule has 2 fully saturated rings. The molecule has 4 rings (SSSR count). The first-order valence-electron chi connectivity index (χ1n) is 7.97. The molecule has 1 atom stereocenters. The first-order chi connectivity index (χ1) is 12.3. The Morgan fingerprint density at radius 2 is 2.04 bits per heavy atom. The van der Waals surface area contributed by atoms with Crippen molar-refractivity contribution < 1.29 is 18.0 Å². The summed E-state index contributed by atoms with van der Waals surface area (Å²) in [4.78, 5) is 24.7. The monoisotopic (exact) mass is 383 g/mol. The minimum Gasteiger partial charge on any atom is -0.335 e. The number of nitrogens with zero attached hydrogens (tertiary/aromatic N) is 4. The van der Waals surface area contributed by atoms with E-state index < -0.39 is 24.1 Å². The van der Waals surface area contributed by atoms with Gasteiger partial charge in [0.2, 0.25) is 5.82 Å². The molecule has 2 aromatic rings. The molecule has 1 unspecified atom stereocenters. The molecule has 0 aromatic carbocycles. The lowest BCUT2D eigenvalue weighted by Crippen LogP contribution is -2.31. The Hall–Kier alpha value is -2.42. The highest BCUT2D eigenvalue weighted by Gasteiger charge is 2.40. The summed E-state index contributed by atoms with van der Waals surface area (Å²) in [6.45, 7) is 0.114. The van der Waals surface area contributed by atoms with Crippen molar-refractivity contribution in [3.8, 4) is 0 Å². The average molecular weight is 384 g/mol. The van der Waals surface area contributed by atoms with E-state index in [1.807, 2.05) is 6.07 Å². The zero-order valence-electron chi connectivity index (χ0n) is 13.3. The van der Waals surface area contributed by atoms with E-state index in [2.05, 4.69) is 20.3 Å². The molecular weight excluding hydrogens is 371 g/mol. The molecule has 26 heavy (non-hydrogen) atoms. The highest BCUT2D eigenvalue weighted by molar-refractivity contribution is 6.29. The number of halogens is 4. The summed E-state index contributed by atoms with van der Waals surface area (Å²) in [5.41, 5.74) is 1.57. The summed E-state index contributed by atoms with van der Waals surface area (Å²) < 4.78 is 39.1. The topological polar surface area (TPSA) is 71.0 Å². The minimum absolute atomic E-state index is 0.0290. The minimum atomic E-state index is -4.73. The smallest absolute Gasteiger partial charge is 0.335 e. The molecule has 1 aliphatic heterocycles. The number of carbonyl (C=O) groups excluding carboxylic acids is 1. The average Bonchev–Trinajstić information content (AvgIpc) is 3.36. The Labute approximate surface area is 151 Å². The molecule has 1 saturated heterocycles. The van der Waals surface area contributed by atoms with Crippen LogP contribution in [0, 0.1) is 0 Å². The molecule has 2 aliphatic rings. The molecule has 0 bridgehead atoms. The summed E-state index contributed by atoms with van der Waals surface area (Å²) in [5.74, 6) is -0.991. The van der Waals surface area contributed by atoms with E-state index in [9.17, 15) is 18.0 Å². The second kappa shape index (κ2) is 6.08. The van der Waals surface area contributed by atoms with E-state index in [4.69, 9.17) is 11.6 Å². The van der Waals surface area contributed by atoms with Gasteiger partial charge in [-0.25, -0.2) is 14.8 Å². The van der Waals surface area contributed by atoms with Gasteiger partial charge in [-0.3, -0.25) is 9.88 Å². The predicted molar refractivity (Wildman–Crippen MR) is 86.9 cm³/mol. The van der Waals surface area contributed by atoms with Crippen LogP contribution in [0.2, 0.25) is 5.15 Å². The third-order valence-corrected chi connectivity index (χ3v) is 4.59. The van der Waals surface area contributed by atoms with E-state index in [1.165, 1.54) is 11.0 Å². The fraction of sp³-hybridized carbons (Fsp3) is 0.375. The fourth-order valence-electron chi connectivity index (χ4n) is 3.09. The number of pyridine rings is 1. The largest absolute Gasteiger partial charge is 0.451 e. The number of anilines is 1. The van der Waals surface area contributed by atoms with Crippen molar-refractivity contribution in [2.75, 3.05) is 11.4 Å². The molecule has 0 spiro atoms.